The number of aromatic nitrogens is 1. The number of nitrogens with zero attached hydrogens (tertiary/aromatic N) is 2. The molecule has 2 aromatic carbocycles. The van der Waals surface area contributed by atoms with Crippen LogP contribution in [0.3, 0.4) is 0 Å². The largest absolute Gasteiger partial charge is 0.494 e. The van der Waals surface area contributed by atoms with Crippen LogP contribution < -0.4 is 19.6 Å². The van der Waals surface area contributed by atoms with Gasteiger partial charge in [0.2, 0.25) is 0 Å². The molecule has 0 spiro atoms. The molecule has 7 nitrogen and oxygen atoms in total. The summed E-state index contributed by atoms with van der Waals surface area (Å²) < 4.78 is 18.5. The molecule has 0 amide bonds. The Bertz CT molecular complexity index is 1580. The van der Waals surface area contributed by atoms with Crippen LogP contribution in [0.15, 0.2) is 92.8 Å². The minimum absolute atomic E-state index is 0.198. The summed E-state index contributed by atoms with van der Waals surface area (Å²) in [6.45, 7) is 4.40. The van der Waals surface area contributed by atoms with Crippen LogP contribution in [0.4, 0.5) is 0 Å². The molecular formula is C28H24N2O5S. The van der Waals surface area contributed by atoms with Crippen LogP contribution in [0.25, 0.3) is 11.8 Å². The van der Waals surface area contributed by atoms with Crippen molar-refractivity contribution in [2.45, 2.75) is 19.9 Å². The summed E-state index contributed by atoms with van der Waals surface area (Å²) in [5.74, 6) is 0.751. The van der Waals surface area contributed by atoms with Crippen LogP contribution >= 0.6 is 11.3 Å². The van der Waals surface area contributed by atoms with Gasteiger partial charge in [0.05, 0.1) is 41.3 Å². The second-order valence-corrected chi connectivity index (χ2v) is 8.96. The number of hydrogen-bond donors (Lipinski definition) is 0. The Morgan fingerprint density at radius 3 is 2.50 bits per heavy atom. The molecule has 3 heterocycles. The fourth-order valence-electron chi connectivity index (χ4n) is 4.17. The molecule has 4 aromatic rings. The van der Waals surface area contributed by atoms with Crippen LogP contribution in [-0.4, -0.2) is 23.8 Å². The standard InChI is InChI=1S/C28H24N2O5S/c1-3-33-20-14-12-19(13-15-20)25-23(27(32)34-4-2)24(18-9-6-5-7-10-18)29-28-30(25)26(31)22(36-28)17-21-11-8-16-35-21/h5-17,25H,3-4H2,1-2H3/t25-/m1/s1. The first-order valence-corrected chi connectivity index (χ1v) is 12.5. The highest BCUT2D eigenvalue weighted by Crippen LogP contribution is 2.35. The van der Waals surface area contributed by atoms with Gasteiger partial charge in [0.25, 0.3) is 5.56 Å². The SMILES string of the molecule is CCOC(=O)C1=C(c2ccccc2)N=c2sc(=Cc3ccco3)c(=O)n2[C@@H]1c1ccc(OCC)cc1. The number of furan rings is 1. The van der Waals surface area contributed by atoms with Gasteiger partial charge in [-0.15, -0.1) is 0 Å². The van der Waals surface area contributed by atoms with E-state index in [0.717, 1.165) is 11.1 Å². The zero-order chi connectivity index (χ0) is 25.1. The molecule has 2 aromatic heterocycles. The van der Waals surface area contributed by atoms with Crippen LogP contribution in [0, 0.1) is 0 Å². The lowest BCUT2D eigenvalue weighted by atomic mass is 9.93. The number of rotatable bonds is 7. The Morgan fingerprint density at radius 1 is 1.06 bits per heavy atom. The van der Waals surface area contributed by atoms with Crippen molar-refractivity contribution in [3.05, 3.63) is 115 Å². The highest BCUT2D eigenvalue weighted by molar-refractivity contribution is 7.07. The van der Waals surface area contributed by atoms with Crippen LogP contribution in [0.5, 0.6) is 5.75 Å². The lowest BCUT2D eigenvalue weighted by molar-refractivity contribution is -0.138. The van der Waals surface area contributed by atoms with Crippen molar-refractivity contribution in [1.82, 2.24) is 4.57 Å². The number of esters is 1. The van der Waals surface area contributed by atoms with E-state index in [-0.39, 0.29) is 12.2 Å². The minimum Gasteiger partial charge on any atom is -0.494 e. The molecule has 0 unspecified atom stereocenters. The Kier molecular flexibility index (Phi) is 6.69. The average Bonchev–Trinajstić information content (AvgIpc) is 3.52. The smallest absolute Gasteiger partial charge is 0.338 e. The van der Waals surface area contributed by atoms with Gasteiger partial charge in [-0.1, -0.05) is 53.8 Å². The van der Waals surface area contributed by atoms with E-state index in [2.05, 4.69) is 0 Å². The highest BCUT2D eigenvalue weighted by atomic mass is 32.1. The maximum atomic E-state index is 13.7. The first kappa shape index (κ1) is 23.6. The molecule has 36 heavy (non-hydrogen) atoms. The maximum absolute atomic E-state index is 13.7. The van der Waals surface area contributed by atoms with E-state index in [1.54, 1.807) is 36.0 Å². The van der Waals surface area contributed by atoms with Gasteiger partial charge in [0.1, 0.15) is 11.5 Å². The van der Waals surface area contributed by atoms with E-state index in [1.165, 1.54) is 11.3 Å². The van der Waals surface area contributed by atoms with Crippen LogP contribution in [0.2, 0.25) is 0 Å². The summed E-state index contributed by atoms with van der Waals surface area (Å²) in [6.07, 6.45) is 3.24. The summed E-state index contributed by atoms with van der Waals surface area (Å²) in [5, 5.41) is 0. The van der Waals surface area contributed by atoms with Gasteiger partial charge in [-0.05, 0) is 43.7 Å². The number of benzene rings is 2. The highest BCUT2D eigenvalue weighted by Gasteiger charge is 2.35. The van der Waals surface area contributed by atoms with Crippen molar-refractivity contribution in [2.75, 3.05) is 13.2 Å². The second-order valence-electron chi connectivity index (χ2n) is 7.95. The third-order valence-corrected chi connectivity index (χ3v) is 6.68. The Morgan fingerprint density at radius 2 is 1.83 bits per heavy atom. The molecule has 0 radical (unpaired) electrons. The minimum atomic E-state index is -0.732. The Balaban J connectivity index is 1.80. The van der Waals surface area contributed by atoms with Crippen molar-refractivity contribution >= 4 is 29.1 Å². The van der Waals surface area contributed by atoms with Gasteiger partial charge in [0.15, 0.2) is 4.80 Å². The molecule has 0 bridgehead atoms. The lowest BCUT2D eigenvalue weighted by Crippen LogP contribution is -2.40. The third-order valence-electron chi connectivity index (χ3n) is 5.70. The predicted octanol–water partition coefficient (Wildman–Crippen LogP) is 3.93. The van der Waals surface area contributed by atoms with Crippen molar-refractivity contribution in [2.24, 2.45) is 4.99 Å². The van der Waals surface area contributed by atoms with E-state index < -0.39 is 12.0 Å². The topological polar surface area (TPSA) is 83.0 Å². The van der Waals surface area contributed by atoms with Crippen LogP contribution in [-0.2, 0) is 9.53 Å². The summed E-state index contributed by atoms with van der Waals surface area (Å²) in [5.41, 5.74) is 2.04. The molecule has 5 rings (SSSR count). The second kappa shape index (κ2) is 10.2. The zero-order valence-electron chi connectivity index (χ0n) is 19.8. The number of carbonyl (C=O) groups excluding carboxylic acids is 1. The fourth-order valence-corrected chi connectivity index (χ4v) is 5.15. The summed E-state index contributed by atoms with van der Waals surface area (Å²) >= 11 is 1.25. The number of carbonyl (C=O) groups is 1. The number of ether oxygens (including phenoxy) is 2. The van der Waals surface area contributed by atoms with Gasteiger partial charge in [-0.2, -0.15) is 0 Å². The molecule has 1 aliphatic rings. The van der Waals surface area contributed by atoms with E-state index in [0.29, 0.717) is 38.7 Å². The molecule has 182 valence electrons. The van der Waals surface area contributed by atoms with Crippen molar-refractivity contribution in [3.63, 3.8) is 0 Å². The number of hydrogen-bond acceptors (Lipinski definition) is 7. The van der Waals surface area contributed by atoms with Crippen molar-refractivity contribution in [3.8, 4) is 5.75 Å². The molecule has 0 aliphatic carbocycles. The van der Waals surface area contributed by atoms with Gasteiger partial charge < -0.3 is 13.9 Å². The molecule has 0 N–H and O–H groups in total. The molecule has 1 aliphatic heterocycles. The van der Waals surface area contributed by atoms with Gasteiger partial charge in [-0.25, -0.2) is 9.79 Å². The first-order chi connectivity index (χ1) is 17.6. The molecule has 0 saturated carbocycles. The lowest BCUT2D eigenvalue weighted by Gasteiger charge is -2.26. The van der Waals surface area contributed by atoms with E-state index in [4.69, 9.17) is 18.9 Å². The monoisotopic (exact) mass is 500 g/mol. The van der Waals surface area contributed by atoms with E-state index in [9.17, 15) is 9.59 Å². The maximum Gasteiger partial charge on any atom is 0.338 e. The Hall–Kier alpha value is -4.17. The van der Waals surface area contributed by atoms with Crippen molar-refractivity contribution in [1.29, 1.82) is 0 Å². The van der Waals surface area contributed by atoms with Gasteiger partial charge >= 0.3 is 5.97 Å². The summed E-state index contributed by atoms with van der Waals surface area (Å²) in [6, 6.07) is 19.7. The van der Waals surface area contributed by atoms with E-state index >= 15 is 0 Å². The quantitative estimate of drug-likeness (QED) is 0.359. The normalized spacial score (nSPS) is 15.4. The number of fused-ring (bicyclic) bond motifs is 1. The number of thiazole rings is 1. The summed E-state index contributed by atoms with van der Waals surface area (Å²) in [4.78, 5) is 32.4. The average molecular weight is 501 g/mol. The van der Waals surface area contributed by atoms with Crippen LogP contribution in [0.1, 0.15) is 36.8 Å². The first-order valence-electron chi connectivity index (χ1n) is 11.7. The van der Waals surface area contributed by atoms with Crippen molar-refractivity contribution < 1.29 is 18.7 Å². The molecular weight excluding hydrogens is 476 g/mol. The van der Waals surface area contributed by atoms with E-state index in [1.807, 2.05) is 61.5 Å². The third kappa shape index (κ3) is 4.43. The fraction of sp³-hybridized carbons (Fsp3) is 0.179. The van der Waals surface area contributed by atoms with Gasteiger partial charge in [-0.3, -0.25) is 9.36 Å². The molecule has 8 heteroatoms. The summed E-state index contributed by atoms with van der Waals surface area (Å²) in [7, 11) is 0. The molecule has 1 atom stereocenters. The predicted molar refractivity (Wildman–Crippen MR) is 137 cm³/mol. The van der Waals surface area contributed by atoms with Gasteiger partial charge in [0, 0.05) is 11.6 Å². The zero-order valence-corrected chi connectivity index (χ0v) is 20.7. The molecule has 0 fully saturated rings. The molecule has 0 saturated heterocycles. The Labute approximate surface area is 211 Å².